The number of benzene rings is 1. The highest BCUT2D eigenvalue weighted by Crippen LogP contribution is 2.24. The van der Waals surface area contributed by atoms with Gasteiger partial charge in [-0.25, -0.2) is 4.98 Å². The molecule has 1 aromatic carbocycles. The van der Waals surface area contributed by atoms with Gasteiger partial charge in [0, 0.05) is 18.0 Å². The average Bonchev–Trinajstić information content (AvgIpc) is 3.11. The number of H-pyrrole nitrogens is 1. The molecule has 0 saturated carbocycles. The van der Waals surface area contributed by atoms with E-state index in [1.807, 2.05) is 12.1 Å². The maximum Gasteiger partial charge on any atom is 0.237 e. The highest BCUT2D eigenvalue weighted by Gasteiger charge is 2.18. The number of pyridine rings is 1. The molecule has 7 nitrogen and oxygen atoms in total. The van der Waals surface area contributed by atoms with Crippen molar-refractivity contribution in [1.82, 2.24) is 20.2 Å². The molecule has 8 heteroatoms. The minimum atomic E-state index is -0.423. The van der Waals surface area contributed by atoms with Crippen LogP contribution in [0.1, 0.15) is 12.5 Å². The molecule has 3 rings (SSSR count). The number of hydrogen-bond acceptors (Lipinski definition) is 6. The van der Waals surface area contributed by atoms with Crippen LogP contribution in [0.2, 0.25) is 0 Å². The summed E-state index contributed by atoms with van der Waals surface area (Å²) in [5.74, 6) is 0.398. The first kappa shape index (κ1) is 16.7. The van der Waals surface area contributed by atoms with Crippen LogP contribution in [-0.2, 0) is 4.79 Å². The van der Waals surface area contributed by atoms with E-state index in [1.54, 1.807) is 43.6 Å². The van der Waals surface area contributed by atoms with Gasteiger partial charge in [0.1, 0.15) is 6.07 Å². The van der Waals surface area contributed by atoms with E-state index in [1.165, 1.54) is 11.8 Å². The Bertz CT molecular complexity index is 918. The number of amides is 1. The molecule has 2 aromatic heterocycles. The summed E-state index contributed by atoms with van der Waals surface area (Å²) in [5.41, 5.74) is 1.79. The Labute approximate surface area is 148 Å². The molecule has 1 amide bonds. The molecule has 25 heavy (non-hydrogen) atoms. The summed E-state index contributed by atoms with van der Waals surface area (Å²) in [5, 5.41) is 18.9. The van der Waals surface area contributed by atoms with Crippen LogP contribution in [0.5, 0.6) is 0 Å². The van der Waals surface area contributed by atoms with Crippen molar-refractivity contribution in [2.45, 2.75) is 17.3 Å². The van der Waals surface area contributed by atoms with Crippen LogP contribution < -0.4 is 5.32 Å². The number of carbonyl (C=O) groups excluding carboxylic acids is 1. The van der Waals surface area contributed by atoms with E-state index in [9.17, 15) is 4.79 Å². The maximum absolute atomic E-state index is 12.3. The van der Waals surface area contributed by atoms with Gasteiger partial charge < -0.3 is 5.32 Å². The van der Waals surface area contributed by atoms with Gasteiger partial charge in [-0.05, 0) is 31.2 Å². The van der Waals surface area contributed by atoms with Gasteiger partial charge >= 0.3 is 0 Å². The van der Waals surface area contributed by atoms with Crippen LogP contribution in [0.3, 0.4) is 0 Å². The number of para-hydroxylation sites is 1. The van der Waals surface area contributed by atoms with Gasteiger partial charge in [0.2, 0.25) is 11.1 Å². The second-order valence-corrected chi connectivity index (χ2v) is 6.42. The third-order valence-electron chi connectivity index (χ3n) is 3.38. The van der Waals surface area contributed by atoms with E-state index in [0.29, 0.717) is 22.2 Å². The van der Waals surface area contributed by atoms with E-state index in [-0.39, 0.29) is 5.91 Å². The summed E-state index contributed by atoms with van der Waals surface area (Å²) in [6.07, 6.45) is 3.35. The summed E-state index contributed by atoms with van der Waals surface area (Å²) in [6, 6.07) is 12.6. The van der Waals surface area contributed by atoms with Gasteiger partial charge in [0.15, 0.2) is 5.82 Å². The van der Waals surface area contributed by atoms with E-state index in [4.69, 9.17) is 5.26 Å². The van der Waals surface area contributed by atoms with Gasteiger partial charge in [-0.15, -0.1) is 5.10 Å². The predicted molar refractivity (Wildman–Crippen MR) is 94.7 cm³/mol. The van der Waals surface area contributed by atoms with Gasteiger partial charge in [-0.1, -0.05) is 23.9 Å². The van der Waals surface area contributed by atoms with Crippen molar-refractivity contribution in [1.29, 1.82) is 5.26 Å². The Morgan fingerprint density at radius 1 is 1.28 bits per heavy atom. The molecule has 0 fully saturated rings. The second-order valence-electron chi connectivity index (χ2n) is 5.11. The molecule has 2 N–H and O–H groups in total. The molecule has 124 valence electrons. The van der Waals surface area contributed by atoms with Crippen LogP contribution in [0.25, 0.3) is 11.4 Å². The fourth-order valence-electron chi connectivity index (χ4n) is 2.07. The number of carbonyl (C=O) groups is 1. The maximum atomic E-state index is 12.3. The third-order valence-corrected chi connectivity index (χ3v) is 4.34. The average molecular weight is 350 g/mol. The molecule has 3 aromatic rings. The van der Waals surface area contributed by atoms with E-state index in [0.717, 1.165) is 5.56 Å². The quantitative estimate of drug-likeness (QED) is 0.685. The molecule has 0 spiro atoms. The number of anilines is 1. The van der Waals surface area contributed by atoms with Crippen LogP contribution in [0.4, 0.5) is 5.69 Å². The minimum Gasteiger partial charge on any atom is -0.324 e. The van der Waals surface area contributed by atoms with Crippen LogP contribution in [0.15, 0.2) is 53.9 Å². The number of thioether (sulfide) groups is 1. The number of aromatic amines is 1. The summed E-state index contributed by atoms with van der Waals surface area (Å²) in [6.45, 7) is 1.76. The first-order chi connectivity index (χ1) is 12.2. The standard InChI is InChI=1S/C17H14N6OS/c1-11(16(24)20-14-5-3-2-4-13(14)10-18)25-17-21-15(22-23-17)12-6-8-19-9-7-12/h2-9,11H,1H3,(H,20,24)(H,21,22,23)/t11-/m1/s1. The van der Waals surface area contributed by atoms with Crippen molar-refractivity contribution in [3.05, 3.63) is 54.4 Å². The number of nitrogens with zero attached hydrogens (tertiary/aromatic N) is 4. The summed E-state index contributed by atoms with van der Waals surface area (Å²) in [7, 11) is 0. The minimum absolute atomic E-state index is 0.219. The molecule has 0 unspecified atom stereocenters. The fourth-order valence-corrected chi connectivity index (χ4v) is 2.80. The molecule has 0 aliphatic carbocycles. The first-order valence-corrected chi connectivity index (χ1v) is 8.35. The Hall–Kier alpha value is -3.18. The Morgan fingerprint density at radius 3 is 2.80 bits per heavy atom. The van der Waals surface area contributed by atoms with Crippen molar-refractivity contribution < 1.29 is 4.79 Å². The molecule has 1 atom stereocenters. The highest BCUT2D eigenvalue weighted by molar-refractivity contribution is 8.00. The van der Waals surface area contributed by atoms with Crippen LogP contribution in [0, 0.1) is 11.3 Å². The fraction of sp³-hybridized carbons (Fsp3) is 0.118. The lowest BCUT2D eigenvalue weighted by Crippen LogP contribution is -2.23. The normalized spacial score (nSPS) is 11.5. The SMILES string of the molecule is C[C@@H](Sc1n[nH]c(-c2ccncc2)n1)C(=O)Nc1ccccc1C#N. The van der Waals surface area contributed by atoms with Gasteiger partial charge in [0.05, 0.1) is 16.5 Å². The van der Waals surface area contributed by atoms with E-state index < -0.39 is 5.25 Å². The number of aromatic nitrogens is 4. The lowest BCUT2D eigenvalue weighted by atomic mass is 10.2. The third kappa shape index (κ3) is 4.02. The molecular weight excluding hydrogens is 336 g/mol. The molecule has 0 saturated heterocycles. The van der Waals surface area contributed by atoms with Crippen molar-refractivity contribution in [2.24, 2.45) is 0 Å². The lowest BCUT2D eigenvalue weighted by Gasteiger charge is -2.11. The molecule has 0 aliphatic rings. The largest absolute Gasteiger partial charge is 0.324 e. The monoisotopic (exact) mass is 350 g/mol. The van der Waals surface area contributed by atoms with Crippen LogP contribution in [-0.4, -0.2) is 31.3 Å². The van der Waals surface area contributed by atoms with Gasteiger partial charge in [-0.3, -0.25) is 14.9 Å². The zero-order chi connectivity index (χ0) is 17.6. The van der Waals surface area contributed by atoms with Gasteiger partial charge in [-0.2, -0.15) is 5.26 Å². The zero-order valence-corrected chi connectivity index (χ0v) is 14.1. The Kier molecular flexibility index (Phi) is 5.06. The van der Waals surface area contributed by atoms with Crippen LogP contribution >= 0.6 is 11.8 Å². The summed E-state index contributed by atoms with van der Waals surface area (Å²) < 4.78 is 0. The lowest BCUT2D eigenvalue weighted by molar-refractivity contribution is -0.115. The summed E-state index contributed by atoms with van der Waals surface area (Å²) >= 11 is 1.24. The highest BCUT2D eigenvalue weighted by atomic mass is 32.2. The van der Waals surface area contributed by atoms with Crippen molar-refractivity contribution in [2.75, 3.05) is 5.32 Å². The number of nitriles is 1. The van der Waals surface area contributed by atoms with Crippen molar-refractivity contribution in [3.63, 3.8) is 0 Å². The predicted octanol–water partition coefficient (Wildman–Crippen LogP) is 2.86. The van der Waals surface area contributed by atoms with Crippen molar-refractivity contribution >= 4 is 23.4 Å². The number of hydrogen-bond donors (Lipinski definition) is 2. The topological polar surface area (TPSA) is 107 Å². The smallest absolute Gasteiger partial charge is 0.237 e. The molecule has 0 bridgehead atoms. The Morgan fingerprint density at radius 2 is 2.04 bits per heavy atom. The Balaban J connectivity index is 1.66. The molecule has 0 radical (unpaired) electrons. The van der Waals surface area contributed by atoms with Crippen molar-refractivity contribution in [3.8, 4) is 17.5 Å². The molecule has 0 aliphatic heterocycles. The molecule has 2 heterocycles. The second kappa shape index (κ2) is 7.59. The van der Waals surface area contributed by atoms with E-state index in [2.05, 4.69) is 31.6 Å². The molecular formula is C17H14N6OS. The zero-order valence-electron chi connectivity index (χ0n) is 13.3. The number of rotatable bonds is 5. The number of nitrogens with one attached hydrogen (secondary N) is 2. The summed E-state index contributed by atoms with van der Waals surface area (Å²) in [4.78, 5) is 20.7. The van der Waals surface area contributed by atoms with E-state index >= 15 is 0 Å². The first-order valence-electron chi connectivity index (χ1n) is 7.47. The van der Waals surface area contributed by atoms with Gasteiger partial charge in [0.25, 0.3) is 0 Å².